The third kappa shape index (κ3) is 4.25. The van der Waals surface area contributed by atoms with Gasteiger partial charge in [0.15, 0.2) is 0 Å². The normalized spacial score (nSPS) is 14.7. The molecule has 0 saturated heterocycles. The van der Waals surface area contributed by atoms with Crippen LogP contribution in [0.1, 0.15) is 34.3 Å². The highest BCUT2D eigenvalue weighted by atomic mass is 35.5. The molecule has 1 aliphatic heterocycles. The van der Waals surface area contributed by atoms with Crippen LogP contribution in [0.5, 0.6) is 17.2 Å². The van der Waals surface area contributed by atoms with Crippen molar-refractivity contribution in [3.63, 3.8) is 0 Å². The summed E-state index contributed by atoms with van der Waals surface area (Å²) < 4.78 is 16.7. The third-order valence-corrected chi connectivity index (χ3v) is 5.24. The third-order valence-electron chi connectivity index (χ3n) is 4.99. The van der Waals surface area contributed by atoms with Crippen molar-refractivity contribution >= 4 is 17.6 Å². The second-order valence-corrected chi connectivity index (χ2v) is 7.46. The molecular formula is C25H19ClN2O4. The van der Waals surface area contributed by atoms with Gasteiger partial charge < -0.3 is 19.9 Å². The van der Waals surface area contributed by atoms with Gasteiger partial charge in [-0.2, -0.15) is 5.26 Å². The minimum atomic E-state index is -0.530. The Morgan fingerprint density at radius 1 is 1.12 bits per heavy atom. The fourth-order valence-electron chi connectivity index (χ4n) is 3.54. The first-order chi connectivity index (χ1) is 15.5. The van der Waals surface area contributed by atoms with E-state index in [0.29, 0.717) is 40.0 Å². The molecule has 0 radical (unpaired) electrons. The van der Waals surface area contributed by atoms with Crippen LogP contribution < -0.4 is 19.9 Å². The zero-order valence-corrected chi connectivity index (χ0v) is 17.9. The Kier molecular flexibility index (Phi) is 6.02. The summed E-state index contributed by atoms with van der Waals surface area (Å²) in [7, 11) is 0. The number of carbonyl (C=O) groups excluding carboxylic acids is 1. The summed E-state index contributed by atoms with van der Waals surface area (Å²) in [6.07, 6.45) is 0. The minimum absolute atomic E-state index is 0.00726. The first-order valence-corrected chi connectivity index (χ1v) is 10.3. The topological polar surface area (TPSA) is 94.6 Å². The Bertz CT molecular complexity index is 1250. The number of nitriles is 1. The molecule has 6 nitrogen and oxygen atoms in total. The number of esters is 1. The fourth-order valence-corrected chi connectivity index (χ4v) is 3.67. The van der Waals surface area contributed by atoms with Crippen LogP contribution in [0.2, 0.25) is 5.02 Å². The number of nitrogens with zero attached hydrogens (tertiary/aromatic N) is 1. The highest BCUT2D eigenvalue weighted by Gasteiger charge is 2.31. The highest BCUT2D eigenvalue weighted by Crippen LogP contribution is 2.43. The standard InChI is InChI=1S/C25H19ClN2O4/c1-2-30-18-5-3-4-16(12-18)25(29)31-19-10-11-20-22(13-19)32-24(28)21(14-27)23(20)15-6-8-17(26)9-7-15/h3-13,23H,2,28H2,1H3. The van der Waals surface area contributed by atoms with Gasteiger partial charge in [0.1, 0.15) is 28.9 Å². The van der Waals surface area contributed by atoms with Crippen LogP contribution in [0.15, 0.2) is 78.2 Å². The van der Waals surface area contributed by atoms with Crippen LogP contribution in [-0.4, -0.2) is 12.6 Å². The number of hydrogen-bond acceptors (Lipinski definition) is 6. The number of allylic oxidation sites excluding steroid dienone is 1. The van der Waals surface area contributed by atoms with Gasteiger partial charge in [-0.15, -0.1) is 0 Å². The molecule has 1 heterocycles. The lowest BCUT2D eigenvalue weighted by Gasteiger charge is -2.26. The molecular weight excluding hydrogens is 428 g/mol. The lowest BCUT2D eigenvalue weighted by Crippen LogP contribution is -2.21. The van der Waals surface area contributed by atoms with Gasteiger partial charge in [-0.1, -0.05) is 35.9 Å². The molecule has 0 aliphatic carbocycles. The molecule has 0 amide bonds. The van der Waals surface area contributed by atoms with Crippen molar-refractivity contribution in [2.24, 2.45) is 5.73 Å². The predicted octanol–water partition coefficient (Wildman–Crippen LogP) is 5.18. The number of ether oxygens (including phenoxy) is 3. The predicted molar refractivity (Wildman–Crippen MR) is 120 cm³/mol. The smallest absolute Gasteiger partial charge is 0.343 e. The SMILES string of the molecule is CCOc1cccc(C(=O)Oc2ccc3c(c2)OC(N)=C(C#N)C3c2ccc(Cl)cc2)c1. The van der Waals surface area contributed by atoms with Crippen LogP contribution in [0.25, 0.3) is 0 Å². The van der Waals surface area contributed by atoms with Crippen molar-refractivity contribution in [1.82, 2.24) is 0 Å². The van der Waals surface area contributed by atoms with Crippen LogP contribution >= 0.6 is 11.6 Å². The first-order valence-electron chi connectivity index (χ1n) is 9.92. The van der Waals surface area contributed by atoms with E-state index in [1.165, 1.54) is 0 Å². The molecule has 32 heavy (non-hydrogen) atoms. The quantitative estimate of drug-likeness (QED) is 0.429. The zero-order valence-electron chi connectivity index (χ0n) is 17.2. The summed E-state index contributed by atoms with van der Waals surface area (Å²) in [5.74, 6) is 0.344. The second-order valence-electron chi connectivity index (χ2n) is 7.03. The summed E-state index contributed by atoms with van der Waals surface area (Å²) >= 11 is 6.01. The number of hydrogen-bond donors (Lipinski definition) is 1. The molecule has 160 valence electrons. The Morgan fingerprint density at radius 2 is 1.91 bits per heavy atom. The van der Waals surface area contributed by atoms with E-state index in [1.807, 2.05) is 19.1 Å². The number of rotatable bonds is 5. The molecule has 0 saturated carbocycles. The largest absolute Gasteiger partial charge is 0.494 e. The van der Waals surface area contributed by atoms with Crippen molar-refractivity contribution in [3.8, 4) is 23.3 Å². The van der Waals surface area contributed by atoms with Gasteiger partial charge in [0, 0.05) is 16.7 Å². The molecule has 1 aliphatic rings. The second kappa shape index (κ2) is 9.04. The van der Waals surface area contributed by atoms with Gasteiger partial charge in [-0.25, -0.2) is 4.79 Å². The summed E-state index contributed by atoms with van der Waals surface area (Å²) in [6.45, 7) is 2.36. The summed E-state index contributed by atoms with van der Waals surface area (Å²) in [5.41, 5.74) is 8.28. The van der Waals surface area contributed by atoms with Crippen LogP contribution in [0.3, 0.4) is 0 Å². The maximum Gasteiger partial charge on any atom is 0.343 e. The summed E-state index contributed by atoms with van der Waals surface area (Å²) in [4.78, 5) is 12.6. The average molecular weight is 447 g/mol. The molecule has 1 atom stereocenters. The molecule has 1 unspecified atom stereocenters. The molecule has 3 aromatic rings. The van der Waals surface area contributed by atoms with Crippen LogP contribution in [0.4, 0.5) is 0 Å². The van der Waals surface area contributed by atoms with E-state index in [4.69, 9.17) is 31.5 Å². The van der Waals surface area contributed by atoms with Gasteiger partial charge in [0.2, 0.25) is 5.88 Å². The van der Waals surface area contributed by atoms with Crippen molar-refractivity contribution < 1.29 is 19.0 Å². The monoisotopic (exact) mass is 446 g/mol. The number of halogens is 1. The van der Waals surface area contributed by atoms with E-state index >= 15 is 0 Å². The fraction of sp³-hybridized carbons (Fsp3) is 0.120. The number of nitrogens with two attached hydrogens (primary N) is 1. The van der Waals surface area contributed by atoms with E-state index in [0.717, 1.165) is 11.1 Å². The van der Waals surface area contributed by atoms with Gasteiger partial charge in [-0.3, -0.25) is 0 Å². The number of benzene rings is 3. The molecule has 7 heteroatoms. The lowest BCUT2D eigenvalue weighted by atomic mass is 9.83. The first kappa shape index (κ1) is 21.3. The minimum Gasteiger partial charge on any atom is -0.494 e. The lowest BCUT2D eigenvalue weighted by molar-refractivity contribution is 0.0734. The van der Waals surface area contributed by atoms with Crippen molar-refractivity contribution in [2.75, 3.05) is 6.61 Å². The summed E-state index contributed by atoms with van der Waals surface area (Å²) in [5, 5.41) is 10.2. The molecule has 0 aromatic heterocycles. The van der Waals surface area contributed by atoms with E-state index in [2.05, 4.69) is 6.07 Å². The van der Waals surface area contributed by atoms with E-state index in [1.54, 1.807) is 54.6 Å². The molecule has 0 bridgehead atoms. The van der Waals surface area contributed by atoms with Crippen molar-refractivity contribution in [3.05, 3.63) is 99.9 Å². The molecule has 0 spiro atoms. The Hall–Kier alpha value is -3.95. The van der Waals surface area contributed by atoms with Gasteiger partial charge >= 0.3 is 5.97 Å². The number of fused-ring (bicyclic) bond motifs is 1. The molecule has 3 aromatic carbocycles. The van der Waals surface area contributed by atoms with Gasteiger partial charge in [0.05, 0.1) is 18.1 Å². The maximum absolute atomic E-state index is 12.6. The van der Waals surface area contributed by atoms with E-state index < -0.39 is 11.9 Å². The van der Waals surface area contributed by atoms with Gasteiger partial charge in [-0.05, 0) is 48.9 Å². The zero-order chi connectivity index (χ0) is 22.7. The number of carbonyl (C=O) groups is 1. The molecule has 2 N–H and O–H groups in total. The van der Waals surface area contributed by atoms with Crippen molar-refractivity contribution in [2.45, 2.75) is 12.8 Å². The van der Waals surface area contributed by atoms with Crippen LogP contribution in [0, 0.1) is 11.3 Å². The maximum atomic E-state index is 12.6. The Balaban J connectivity index is 1.64. The van der Waals surface area contributed by atoms with E-state index in [9.17, 15) is 10.1 Å². The Labute approximate surface area is 190 Å². The molecule has 0 fully saturated rings. The Morgan fingerprint density at radius 3 is 2.62 bits per heavy atom. The average Bonchev–Trinajstić information content (AvgIpc) is 2.79. The van der Waals surface area contributed by atoms with Gasteiger partial charge in [0.25, 0.3) is 0 Å². The molecule has 4 rings (SSSR count). The highest BCUT2D eigenvalue weighted by molar-refractivity contribution is 6.30. The van der Waals surface area contributed by atoms with E-state index in [-0.39, 0.29) is 5.88 Å². The summed E-state index contributed by atoms with van der Waals surface area (Å²) in [6, 6.07) is 21.1. The van der Waals surface area contributed by atoms with Crippen LogP contribution in [-0.2, 0) is 0 Å². The van der Waals surface area contributed by atoms with Crippen molar-refractivity contribution in [1.29, 1.82) is 5.26 Å².